The first-order valence-corrected chi connectivity index (χ1v) is 12.2. The van der Waals surface area contributed by atoms with Crippen molar-refractivity contribution in [3.8, 4) is 0 Å². The van der Waals surface area contributed by atoms with Gasteiger partial charge >= 0.3 is 12.4 Å². The predicted octanol–water partition coefficient (Wildman–Crippen LogP) is 2.94. The molecule has 0 bridgehead atoms. The standard InChI is InChI=1S/C23H27F6N7O3/c1-13(33-17-10-32-34-21(38)19(17)23(27,28)29)12-39-7-3-18(37)35-5-6-36-15(11-35)2-4-30-16-8-14(22(24,25)26)9-31-20(16)36/h8-10,13,15,30H,2-7,11-12H2,1H3,(H2,33,34,38)/t13?,15-/m0/s1. The second-order valence-electron chi connectivity index (χ2n) is 9.35. The molecule has 0 spiro atoms. The minimum Gasteiger partial charge on any atom is -0.382 e. The van der Waals surface area contributed by atoms with E-state index in [9.17, 15) is 35.9 Å². The average molecular weight is 564 g/mol. The number of pyridine rings is 1. The summed E-state index contributed by atoms with van der Waals surface area (Å²) in [4.78, 5) is 32.0. The van der Waals surface area contributed by atoms with Crippen LogP contribution in [0.25, 0.3) is 0 Å². The van der Waals surface area contributed by atoms with E-state index >= 15 is 0 Å². The van der Waals surface area contributed by atoms with Crippen LogP contribution in [0.5, 0.6) is 0 Å². The lowest BCUT2D eigenvalue weighted by molar-refractivity contribution is -0.138. The summed E-state index contributed by atoms with van der Waals surface area (Å²) in [5.41, 5.74) is -3.74. The van der Waals surface area contributed by atoms with Crippen molar-refractivity contribution < 1.29 is 35.9 Å². The third-order valence-corrected chi connectivity index (χ3v) is 6.46. The quantitative estimate of drug-likeness (QED) is 0.348. The molecule has 1 amide bonds. The Kier molecular flexibility index (Phi) is 8.23. The number of aromatic nitrogens is 3. The summed E-state index contributed by atoms with van der Waals surface area (Å²) in [6.07, 6.45) is -7.05. The summed E-state index contributed by atoms with van der Waals surface area (Å²) >= 11 is 0. The summed E-state index contributed by atoms with van der Waals surface area (Å²) in [6, 6.07) is 0.305. The molecule has 1 fully saturated rings. The Balaban J connectivity index is 1.26. The number of carbonyl (C=O) groups excluding carboxylic acids is 1. The first-order chi connectivity index (χ1) is 18.3. The fourth-order valence-electron chi connectivity index (χ4n) is 4.63. The number of amides is 1. The van der Waals surface area contributed by atoms with Gasteiger partial charge in [0, 0.05) is 44.5 Å². The molecule has 4 heterocycles. The highest BCUT2D eigenvalue weighted by atomic mass is 19.4. The number of ether oxygens (including phenoxy) is 1. The number of fused-ring (bicyclic) bond motifs is 3. The zero-order chi connectivity index (χ0) is 28.4. The highest BCUT2D eigenvalue weighted by molar-refractivity contribution is 5.77. The van der Waals surface area contributed by atoms with Gasteiger partial charge in [0.1, 0.15) is 5.56 Å². The molecule has 1 unspecified atom stereocenters. The number of rotatable bonds is 7. The number of anilines is 3. The first-order valence-electron chi connectivity index (χ1n) is 12.2. The molecule has 2 atom stereocenters. The Labute approximate surface area is 218 Å². The molecule has 39 heavy (non-hydrogen) atoms. The van der Waals surface area contributed by atoms with Crippen LogP contribution in [0, 0.1) is 0 Å². The fraction of sp³-hybridized carbons (Fsp3) is 0.565. The second-order valence-corrected chi connectivity index (χ2v) is 9.35. The number of H-pyrrole nitrogens is 1. The smallest absolute Gasteiger partial charge is 0.382 e. The van der Waals surface area contributed by atoms with E-state index in [2.05, 4.69) is 20.7 Å². The van der Waals surface area contributed by atoms with E-state index in [1.807, 2.05) is 4.90 Å². The number of nitrogens with one attached hydrogen (secondary N) is 3. The van der Waals surface area contributed by atoms with E-state index in [1.165, 1.54) is 0 Å². The molecular weight excluding hydrogens is 536 g/mol. The summed E-state index contributed by atoms with van der Waals surface area (Å²) in [5.74, 6) is 0.248. The van der Waals surface area contributed by atoms with E-state index in [0.29, 0.717) is 44.1 Å². The van der Waals surface area contributed by atoms with Gasteiger partial charge in [0.15, 0.2) is 5.82 Å². The topological polar surface area (TPSA) is 115 Å². The Morgan fingerprint density at radius 2 is 1.97 bits per heavy atom. The minimum atomic E-state index is -4.87. The Morgan fingerprint density at radius 1 is 1.21 bits per heavy atom. The number of carbonyl (C=O) groups is 1. The van der Waals surface area contributed by atoms with Crippen molar-refractivity contribution in [2.45, 2.75) is 44.2 Å². The summed E-state index contributed by atoms with van der Waals surface area (Å²) in [7, 11) is 0. The Bertz CT molecular complexity index is 1240. The highest BCUT2D eigenvalue weighted by Gasteiger charge is 2.38. The predicted molar refractivity (Wildman–Crippen MR) is 128 cm³/mol. The first kappa shape index (κ1) is 28.4. The zero-order valence-corrected chi connectivity index (χ0v) is 20.8. The number of piperazine rings is 1. The summed E-state index contributed by atoms with van der Waals surface area (Å²) < 4.78 is 84.3. The summed E-state index contributed by atoms with van der Waals surface area (Å²) in [5, 5.41) is 10.7. The maximum atomic E-state index is 13.2. The molecule has 3 N–H and O–H groups in total. The number of aromatic amines is 1. The van der Waals surface area contributed by atoms with Gasteiger partial charge in [0.25, 0.3) is 5.56 Å². The van der Waals surface area contributed by atoms with Crippen molar-refractivity contribution in [3.63, 3.8) is 0 Å². The van der Waals surface area contributed by atoms with Crippen molar-refractivity contribution in [2.75, 3.05) is 54.9 Å². The van der Waals surface area contributed by atoms with Gasteiger partial charge < -0.3 is 25.2 Å². The van der Waals surface area contributed by atoms with Crippen LogP contribution in [-0.2, 0) is 21.9 Å². The molecule has 4 rings (SSSR count). The molecule has 2 aromatic heterocycles. The normalized spacial score (nSPS) is 18.5. The van der Waals surface area contributed by atoms with Crippen molar-refractivity contribution in [2.24, 2.45) is 0 Å². The maximum absolute atomic E-state index is 13.2. The van der Waals surface area contributed by atoms with Crippen LogP contribution in [0.4, 0.5) is 43.5 Å². The minimum absolute atomic E-state index is 0.0260. The molecule has 2 aromatic rings. The van der Waals surface area contributed by atoms with Crippen LogP contribution in [0.2, 0.25) is 0 Å². The third kappa shape index (κ3) is 6.72. The van der Waals surface area contributed by atoms with Gasteiger partial charge in [-0.1, -0.05) is 0 Å². The number of nitrogens with zero attached hydrogens (tertiary/aromatic N) is 4. The number of alkyl halides is 6. The molecule has 0 aliphatic carbocycles. The largest absolute Gasteiger partial charge is 0.423 e. The van der Waals surface area contributed by atoms with Crippen molar-refractivity contribution in [1.29, 1.82) is 0 Å². The van der Waals surface area contributed by atoms with E-state index in [-0.39, 0.29) is 31.6 Å². The van der Waals surface area contributed by atoms with Crippen LogP contribution in [0.1, 0.15) is 30.9 Å². The van der Waals surface area contributed by atoms with Crippen LogP contribution in [0.15, 0.2) is 23.3 Å². The number of hydrogen-bond acceptors (Lipinski definition) is 8. The van der Waals surface area contributed by atoms with Gasteiger partial charge in [-0.2, -0.15) is 31.4 Å². The average Bonchev–Trinajstić information content (AvgIpc) is 3.03. The molecule has 2 aliphatic heterocycles. The molecule has 10 nitrogen and oxygen atoms in total. The van der Waals surface area contributed by atoms with Gasteiger partial charge in [-0.05, 0) is 19.4 Å². The SMILES string of the molecule is CC(COCCC(=O)N1CCN2c3ncc(C(F)(F)F)cc3NCC[C@H]2C1)Nc1cn[nH]c(=O)c1C(F)(F)F. The van der Waals surface area contributed by atoms with Crippen molar-refractivity contribution >= 4 is 23.1 Å². The lowest BCUT2D eigenvalue weighted by Crippen LogP contribution is -2.55. The lowest BCUT2D eigenvalue weighted by Gasteiger charge is -2.41. The van der Waals surface area contributed by atoms with Crippen LogP contribution in [-0.4, -0.2) is 77.5 Å². The molecule has 2 aliphatic rings. The molecule has 1 saturated heterocycles. The zero-order valence-electron chi connectivity index (χ0n) is 20.8. The number of halogens is 6. The van der Waals surface area contributed by atoms with E-state index in [1.54, 1.807) is 16.9 Å². The van der Waals surface area contributed by atoms with Gasteiger partial charge in [0.05, 0.1) is 42.8 Å². The highest BCUT2D eigenvalue weighted by Crippen LogP contribution is 2.36. The van der Waals surface area contributed by atoms with E-state index in [4.69, 9.17) is 4.74 Å². The Morgan fingerprint density at radius 3 is 2.69 bits per heavy atom. The molecule has 0 aromatic carbocycles. The van der Waals surface area contributed by atoms with Gasteiger partial charge in [-0.3, -0.25) is 9.59 Å². The van der Waals surface area contributed by atoms with E-state index < -0.39 is 40.8 Å². The van der Waals surface area contributed by atoms with Crippen molar-refractivity contribution in [3.05, 3.63) is 39.9 Å². The lowest BCUT2D eigenvalue weighted by atomic mass is 10.1. The Hall–Kier alpha value is -3.56. The van der Waals surface area contributed by atoms with Crippen LogP contribution in [0.3, 0.4) is 0 Å². The monoisotopic (exact) mass is 563 g/mol. The summed E-state index contributed by atoms with van der Waals surface area (Å²) in [6.45, 7) is 3.11. The molecule has 214 valence electrons. The second kappa shape index (κ2) is 11.3. The molecule has 16 heteroatoms. The fourth-order valence-corrected chi connectivity index (χ4v) is 4.63. The third-order valence-electron chi connectivity index (χ3n) is 6.46. The van der Waals surface area contributed by atoms with Gasteiger partial charge in [0.2, 0.25) is 5.91 Å². The number of hydrogen-bond donors (Lipinski definition) is 3. The van der Waals surface area contributed by atoms with Gasteiger partial charge in [-0.15, -0.1) is 0 Å². The molecular formula is C23H27F6N7O3. The van der Waals surface area contributed by atoms with Crippen LogP contribution >= 0.6 is 0 Å². The van der Waals surface area contributed by atoms with Gasteiger partial charge in [-0.25, -0.2) is 10.1 Å². The van der Waals surface area contributed by atoms with Crippen LogP contribution < -0.4 is 21.1 Å². The molecule has 0 radical (unpaired) electrons. The molecule has 0 saturated carbocycles. The maximum Gasteiger partial charge on any atom is 0.423 e. The van der Waals surface area contributed by atoms with E-state index in [0.717, 1.165) is 18.5 Å². The van der Waals surface area contributed by atoms with Crippen molar-refractivity contribution in [1.82, 2.24) is 20.1 Å².